The van der Waals surface area contributed by atoms with E-state index in [2.05, 4.69) is 15.5 Å². The molecule has 0 saturated carbocycles. The Balaban J connectivity index is 1.89. The molecule has 1 aromatic carbocycles. The van der Waals surface area contributed by atoms with Crippen molar-refractivity contribution >= 4 is 35.0 Å². The fraction of sp³-hybridized carbons (Fsp3) is 0.308. The summed E-state index contributed by atoms with van der Waals surface area (Å²) in [5, 5.41) is 10.8. The molecule has 0 unspecified atom stereocenters. The van der Waals surface area contributed by atoms with Gasteiger partial charge >= 0.3 is 0 Å². The van der Waals surface area contributed by atoms with Gasteiger partial charge in [-0.2, -0.15) is 0 Å². The van der Waals surface area contributed by atoms with Gasteiger partial charge < -0.3 is 9.73 Å². The molecule has 0 aliphatic carbocycles. The van der Waals surface area contributed by atoms with Crippen molar-refractivity contribution < 1.29 is 13.6 Å². The summed E-state index contributed by atoms with van der Waals surface area (Å²) in [7, 11) is 0. The van der Waals surface area contributed by atoms with Crippen LogP contribution in [0.15, 0.2) is 27.8 Å². The van der Waals surface area contributed by atoms with Crippen molar-refractivity contribution in [3.63, 3.8) is 0 Å². The first kappa shape index (κ1) is 15.8. The van der Waals surface area contributed by atoms with E-state index < -0.39 is 5.82 Å². The molecule has 2 rings (SSSR count). The Kier molecular flexibility index (Phi) is 5.19. The second-order valence-electron chi connectivity index (χ2n) is 4.52. The molecule has 0 saturated heterocycles. The normalized spacial score (nSPS) is 10.9. The predicted molar refractivity (Wildman–Crippen MR) is 79.2 cm³/mol. The fourth-order valence-electron chi connectivity index (χ4n) is 1.42. The number of carbonyl (C=O) groups is 1. The van der Waals surface area contributed by atoms with Gasteiger partial charge in [-0.25, -0.2) is 4.39 Å². The number of anilines is 1. The predicted octanol–water partition coefficient (Wildman–Crippen LogP) is 3.72. The van der Waals surface area contributed by atoms with Gasteiger partial charge in [-0.15, -0.1) is 10.2 Å². The number of amides is 1. The average molecular weight is 330 g/mol. The Morgan fingerprint density at radius 2 is 2.24 bits per heavy atom. The Bertz CT molecular complexity index is 648. The van der Waals surface area contributed by atoms with Crippen LogP contribution in [-0.4, -0.2) is 21.9 Å². The highest BCUT2D eigenvalue weighted by atomic mass is 35.5. The number of carbonyl (C=O) groups excluding carboxylic acids is 1. The van der Waals surface area contributed by atoms with Crippen LogP contribution in [0.1, 0.15) is 25.7 Å². The van der Waals surface area contributed by atoms with Crippen molar-refractivity contribution in [3.05, 3.63) is 34.9 Å². The van der Waals surface area contributed by atoms with E-state index in [0.29, 0.717) is 16.8 Å². The minimum absolute atomic E-state index is 0.0907. The molecular weight excluding hydrogens is 317 g/mol. The zero-order chi connectivity index (χ0) is 15.4. The molecule has 0 aliphatic heterocycles. The maximum absolute atomic E-state index is 12.9. The van der Waals surface area contributed by atoms with E-state index in [1.165, 1.54) is 12.1 Å². The second kappa shape index (κ2) is 6.91. The minimum Gasteiger partial charge on any atom is -0.416 e. The van der Waals surface area contributed by atoms with Gasteiger partial charge in [-0.3, -0.25) is 4.79 Å². The van der Waals surface area contributed by atoms with E-state index in [1.807, 2.05) is 13.8 Å². The summed E-state index contributed by atoms with van der Waals surface area (Å²) in [5.74, 6) is 0.00315. The van der Waals surface area contributed by atoms with Gasteiger partial charge in [0, 0.05) is 5.92 Å². The second-order valence-corrected chi connectivity index (χ2v) is 5.86. The number of nitrogens with one attached hydrogen (secondary N) is 1. The zero-order valence-electron chi connectivity index (χ0n) is 11.4. The van der Waals surface area contributed by atoms with E-state index >= 15 is 0 Å². The lowest BCUT2D eigenvalue weighted by atomic mass is 10.2. The first-order chi connectivity index (χ1) is 9.95. The Labute approximate surface area is 130 Å². The minimum atomic E-state index is -0.459. The molecule has 0 bridgehead atoms. The monoisotopic (exact) mass is 329 g/mol. The molecule has 1 aromatic heterocycles. The lowest BCUT2D eigenvalue weighted by Crippen LogP contribution is -2.14. The zero-order valence-corrected chi connectivity index (χ0v) is 13.0. The van der Waals surface area contributed by atoms with Gasteiger partial charge in [0.2, 0.25) is 11.8 Å². The quantitative estimate of drug-likeness (QED) is 0.847. The molecular formula is C13H13ClFN3O2S. The summed E-state index contributed by atoms with van der Waals surface area (Å²) in [4.78, 5) is 11.8. The lowest BCUT2D eigenvalue weighted by Gasteiger charge is -2.06. The smallest absolute Gasteiger partial charge is 0.277 e. The van der Waals surface area contributed by atoms with Crippen LogP contribution in [0.2, 0.25) is 5.02 Å². The summed E-state index contributed by atoms with van der Waals surface area (Å²) in [6.07, 6.45) is 0. The van der Waals surface area contributed by atoms with E-state index in [-0.39, 0.29) is 22.6 Å². The fourth-order valence-corrected chi connectivity index (χ4v) is 2.20. The van der Waals surface area contributed by atoms with Crippen LogP contribution in [0.4, 0.5) is 10.1 Å². The number of hydrogen-bond donors (Lipinski definition) is 1. The highest BCUT2D eigenvalue weighted by molar-refractivity contribution is 7.99. The Morgan fingerprint density at radius 3 is 2.86 bits per heavy atom. The first-order valence-corrected chi connectivity index (χ1v) is 7.53. The van der Waals surface area contributed by atoms with Crippen LogP contribution in [0.3, 0.4) is 0 Å². The van der Waals surface area contributed by atoms with Crippen molar-refractivity contribution in [1.29, 1.82) is 0 Å². The molecule has 5 nitrogen and oxygen atoms in total. The molecule has 0 aliphatic rings. The molecule has 1 heterocycles. The van der Waals surface area contributed by atoms with Crippen molar-refractivity contribution in [1.82, 2.24) is 10.2 Å². The Morgan fingerprint density at radius 1 is 1.48 bits per heavy atom. The highest BCUT2D eigenvalue weighted by Gasteiger charge is 2.12. The average Bonchev–Trinajstić information content (AvgIpc) is 2.89. The van der Waals surface area contributed by atoms with Crippen molar-refractivity contribution in [2.45, 2.75) is 25.0 Å². The molecule has 21 heavy (non-hydrogen) atoms. The molecule has 0 spiro atoms. The third kappa shape index (κ3) is 4.44. The van der Waals surface area contributed by atoms with Gasteiger partial charge in [0.05, 0.1) is 16.5 Å². The van der Waals surface area contributed by atoms with Crippen LogP contribution in [0, 0.1) is 5.82 Å². The standard InChI is InChI=1S/C13H13ClFN3O2S/c1-7(2)12-17-18-13(20-12)21-6-11(19)16-10-4-3-8(15)5-9(10)14/h3-5,7H,6H2,1-2H3,(H,16,19). The maximum Gasteiger partial charge on any atom is 0.277 e. The van der Waals surface area contributed by atoms with E-state index in [4.69, 9.17) is 16.0 Å². The van der Waals surface area contributed by atoms with E-state index in [9.17, 15) is 9.18 Å². The summed E-state index contributed by atoms with van der Waals surface area (Å²) in [6, 6.07) is 3.77. The van der Waals surface area contributed by atoms with Crippen LogP contribution in [0.25, 0.3) is 0 Å². The third-order valence-electron chi connectivity index (χ3n) is 2.45. The van der Waals surface area contributed by atoms with E-state index in [0.717, 1.165) is 17.8 Å². The highest BCUT2D eigenvalue weighted by Crippen LogP contribution is 2.24. The third-order valence-corrected chi connectivity index (χ3v) is 3.58. The van der Waals surface area contributed by atoms with Gasteiger partial charge in [0.1, 0.15) is 5.82 Å². The van der Waals surface area contributed by atoms with Gasteiger partial charge in [-0.1, -0.05) is 37.2 Å². The molecule has 1 N–H and O–H groups in total. The maximum atomic E-state index is 12.9. The molecule has 0 radical (unpaired) electrons. The Hall–Kier alpha value is -1.60. The van der Waals surface area contributed by atoms with Crippen molar-refractivity contribution in [3.8, 4) is 0 Å². The van der Waals surface area contributed by atoms with Gasteiger partial charge in [0.15, 0.2) is 0 Å². The number of nitrogens with zero attached hydrogens (tertiary/aromatic N) is 2. The summed E-state index contributed by atoms with van der Waals surface area (Å²) in [6.45, 7) is 3.87. The SMILES string of the molecule is CC(C)c1nnc(SCC(=O)Nc2ccc(F)cc2Cl)o1. The number of benzene rings is 1. The molecule has 0 fully saturated rings. The first-order valence-electron chi connectivity index (χ1n) is 6.17. The molecule has 1 amide bonds. The van der Waals surface area contributed by atoms with Crippen LogP contribution in [-0.2, 0) is 4.79 Å². The van der Waals surface area contributed by atoms with Crippen LogP contribution in [0.5, 0.6) is 0 Å². The number of rotatable bonds is 5. The van der Waals surface area contributed by atoms with Crippen LogP contribution >= 0.6 is 23.4 Å². The number of aromatic nitrogens is 2. The van der Waals surface area contributed by atoms with Crippen LogP contribution < -0.4 is 5.32 Å². The number of thioether (sulfide) groups is 1. The van der Waals surface area contributed by atoms with E-state index in [1.54, 1.807) is 0 Å². The number of hydrogen-bond acceptors (Lipinski definition) is 5. The number of halogens is 2. The lowest BCUT2D eigenvalue weighted by molar-refractivity contribution is -0.113. The van der Waals surface area contributed by atoms with Gasteiger partial charge in [-0.05, 0) is 18.2 Å². The summed E-state index contributed by atoms with van der Waals surface area (Å²) >= 11 is 6.95. The summed E-state index contributed by atoms with van der Waals surface area (Å²) in [5.41, 5.74) is 0.358. The van der Waals surface area contributed by atoms with Crippen molar-refractivity contribution in [2.75, 3.05) is 11.1 Å². The molecule has 8 heteroatoms. The van der Waals surface area contributed by atoms with Crippen molar-refractivity contribution in [2.24, 2.45) is 0 Å². The molecule has 112 valence electrons. The van der Waals surface area contributed by atoms with Gasteiger partial charge in [0.25, 0.3) is 5.22 Å². The largest absolute Gasteiger partial charge is 0.416 e. The summed E-state index contributed by atoms with van der Waals surface area (Å²) < 4.78 is 18.3. The topological polar surface area (TPSA) is 68.0 Å². The molecule has 2 aromatic rings. The molecule has 0 atom stereocenters.